The molecule has 1 aromatic carbocycles. The summed E-state index contributed by atoms with van der Waals surface area (Å²) in [7, 11) is 0. The molecule has 1 aromatic rings. The van der Waals surface area contributed by atoms with E-state index >= 15 is 0 Å². The maximum atomic E-state index is 9.82. The lowest BCUT2D eigenvalue weighted by Gasteiger charge is -2.24. The van der Waals surface area contributed by atoms with Crippen molar-refractivity contribution in [2.24, 2.45) is 0 Å². The fraction of sp³-hybridized carbons (Fsp3) is 0.467. The van der Waals surface area contributed by atoms with Crippen molar-refractivity contribution in [1.82, 2.24) is 5.32 Å². The lowest BCUT2D eigenvalue weighted by atomic mass is 9.99. The zero-order chi connectivity index (χ0) is 11.7. The molecule has 0 spiro atoms. The monoisotopic (exact) mass is 229 g/mol. The number of phenolic OH excluding ortho intramolecular Hbond substituents is 1. The van der Waals surface area contributed by atoms with Gasteiger partial charge in [0.05, 0.1) is 0 Å². The summed E-state index contributed by atoms with van der Waals surface area (Å²) in [5.74, 6) is 0.468. The first kappa shape index (κ1) is 10.8. The number of rotatable bonds is 2. The molecule has 2 heteroatoms. The number of benzene rings is 1. The number of phenols is 1. The van der Waals surface area contributed by atoms with Gasteiger partial charge >= 0.3 is 0 Å². The SMILES string of the molecule is Oc1cccc2c1CCC2NC1CC=CCC1. The molecule has 0 fully saturated rings. The van der Waals surface area contributed by atoms with Gasteiger partial charge in [-0.25, -0.2) is 0 Å². The average molecular weight is 229 g/mol. The Morgan fingerprint density at radius 3 is 2.94 bits per heavy atom. The van der Waals surface area contributed by atoms with Gasteiger partial charge in [0.1, 0.15) is 5.75 Å². The third-order valence-electron chi connectivity index (χ3n) is 3.95. The van der Waals surface area contributed by atoms with Crippen LogP contribution in [0, 0.1) is 0 Å². The Hall–Kier alpha value is -1.28. The van der Waals surface area contributed by atoms with Gasteiger partial charge in [-0.3, -0.25) is 0 Å². The minimum absolute atomic E-state index is 0.439. The van der Waals surface area contributed by atoms with Crippen LogP contribution in [0.1, 0.15) is 42.9 Å². The molecule has 2 aliphatic rings. The molecule has 0 bridgehead atoms. The van der Waals surface area contributed by atoms with E-state index in [-0.39, 0.29) is 0 Å². The topological polar surface area (TPSA) is 32.3 Å². The lowest BCUT2D eigenvalue weighted by molar-refractivity contribution is 0.408. The largest absolute Gasteiger partial charge is 0.508 e. The summed E-state index contributed by atoms with van der Waals surface area (Å²) in [6.07, 6.45) is 10.2. The standard InChI is InChI=1S/C15H19NO/c17-15-8-4-7-12-13(15)9-10-14(12)16-11-5-2-1-3-6-11/h1-2,4,7-8,11,14,16-17H,3,5-6,9-10H2. The Balaban J connectivity index is 1.75. The van der Waals surface area contributed by atoms with Gasteiger partial charge in [0.25, 0.3) is 0 Å². The molecule has 17 heavy (non-hydrogen) atoms. The van der Waals surface area contributed by atoms with E-state index in [9.17, 15) is 5.11 Å². The maximum Gasteiger partial charge on any atom is 0.119 e. The minimum Gasteiger partial charge on any atom is -0.508 e. The molecule has 0 radical (unpaired) electrons. The van der Waals surface area contributed by atoms with Crippen LogP contribution in [0.4, 0.5) is 0 Å². The van der Waals surface area contributed by atoms with Crippen molar-refractivity contribution in [2.75, 3.05) is 0 Å². The third kappa shape index (κ3) is 2.09. The van der Waals surface area contributed by atoms with Crippen LogP contribution in [-0.4, -0.2) is 11.1 Å². The fourth-order valence-electron chi connectivity index (χ4n) is 3.04. The van der Waals surface area contributed by atoms with Crippen molar-refractivity contribution in [3.63, 3.8) is 0 Å². The van der Waals surface area contributed by atoms with Crippen molar-refractivity contribution in [2.45, 2.75) is 44.2 Å². The van der Waals surface area contributed by atoms with Crippen LogP contribution in [0.25, 0.3) is 0 Å². The van der Waals surface area contributed by atoms with E-state index < -0.39 is 0 Å². The van der Waals surface area contributed by atoms with E-state index in [1.54, 1.807) is 6.07 Å². The summed E-state index contributed by atoms with van der Waals surface area (Å²) >= 11 is 0. The molecule has 90 valence electrons. The van der Waals surface area contributed by atoms with Crippen molar-refractivity contribution in [1.29, 1.82) is 0 Å². The molecule has 2 nitrogen and oxygen atoms in total. The van der Waals surface area contributed by atoms with Crippen molar-refractivity contribution >= 4 is 0 Å². The average Bonchev–Trinajstić information content (AvgIpc) is 2.76. The summed E-state index contributed by atoms with van der Waals surface area (Å²) in [4.78, 5) is 0. The predicted octanol–water partition coefficient (Wildman–Crippen LogP) is 3.08. The summed E-state index contributed by atoms with van der Waals surface area (Å²) < 4.78 is 0. The second-order valence-electron chi connectivity index (χ2n) is 5.08. The Kier molecular flexibility index (Phi) is 2.89. The van der Waals surface area contributed by atoms with Gasteiger partial charge in [-0.15, -0.1) is 0 Å². The molecule has 2 aliphatic carbocycles. The summed E-state index contributed by atoms with van der Waals surface area (Å²) in [5.41, 5.74) is 2.45. The van der Waals surface area contributed by atoms with Gasteiger partial charge in [0.2, 0.25) is 0 Å². The summed E-state index contributed by atoms with van der Waals surface area (Å²) in [6, 6.07) is 6.95. The molecule has 0 aliphatic heterocycles. The van der Waals surface area contributed by atoms with Crippen LogP contribution in [0.15, 0.2) is 30.4 Å². The third-order valence-corrected chi connectivity index (χ3v) is 3.95. The zero-order valence-corrected chi connectivity index (χ0v) is 10.0. The first-order chi connectivity index (χ1) is 8.34. The normalized spacial score (nSPS) is 27.1. The number of aromatic hydroxyl groups is 1. The minimum atomic E-state index is 0.439. The first-order valence-electron chi connectivity index (χ1n) is 6.56. The molecule has 0 saturated heterocycles. The van der Waals surface area contributed by atoms with E-state index in [1.165, 1.54) is 18.4 Å². The number of hydrogen-bond acceptors (Lipinski definition) is 2. The lowest BCUT2D eigenvalue weighted by Crippen LogP contribution is -2.32. The highest BCUT2D eigenvalue weighted by atomic mass is 16.3. The second-order valence-corrected chi connectivity index (χ2v) is 5.08. The van der Waals surface area contributed by atoms with Gasteiger partial charge in [0, 0.05) is 12.1 Å². The molecule has 0 heterocycles. The highest BCUT2D eigenvalue weighted by Gasteiger charge is 2.26. The Labute approximate surface area is 102 Å². The highest BCUT2D eigenvalue weighted by Crippen LogP contribution is 2.36. The Morgan fingerprint density at radius 1 is 1.18 bits per heavy atom. The fourth-order valence-corrected chi connectivity index (χ4v) is 3.04. The molecular formula is C15H19NO. The summed E-state index contributed by atoms with van der Waals surface area (Å²) in [5, 5.41) is 13.6. The van der Waals surface area contributed by atoms with Crippen LogP contribution in [-0.2, 0) is 6.42 Å². The number of hydrogen-bond donors (Lipinski definition) is 2. The maximum absolute atomic E-state index is 9.82. The van der Waals surface area contributed by atoms with E-state index in [0.29, 0.717) is 17.8 Å². The van der Waals surface area contributed by atoms with Crippen LogP contribution in [0.3, 0.4) is 0 Å². The second kappa shape index (κ2) is 4.53. The Morgan fingerprint density at radius 2 is 2.12 bits per heavy atom. The van der Waals surface area contributed by atoms with Crippen molar-refractivity contribution in [3.8, 4) is 5.75 Å². The van der Waals surface area contributed by atoms with Gasteiger partial charge in [0.15, 0.2) is 0 Å². The molecule has 0 saturated carbocycles. The highest BCUT2D eigenvalue weighted by molar-refractivity contribution is 5.44. The molecule has 3 rings (SSSR count). The van der Waals surface area contributed by atoms with Crippen LogP contribution in [0.2, 0.25) is 0 Å². The Bertz CT molecular complexity index is 439. The van der Waals surface area contributed by atoms with E-state index in [2.05, 4.69) is 23.5 Å². The van der Waals surface area contributed by atoms with Crippen molar-refractivity contribution in [3.05, 3.63) is 41.5 Å². The van der Waals surface area contributed by atoms with Gasteiger partial charge in [-0.2, -0.15) is 0 Å². The summed E-state index contributed by atoms with van der Waals surface area (Å²) in [6.45, 7) is 0. The molecule has 2 atom stereocenters. The molecular weight excluding hydrogens is 210 g/mol. The molecule has 2 unspecified atom stereocenters. The molecule has 0 aromatic heterocycles. The first-order valence-corrected chi connectivity index (χ1v) is 6.56. The van der Waals surface area contributed by atoms with Gasteiger partial charge in [-0.1, -0.05) is 24.3 Å². The van der Waals surface area contributed by atoms with Crippen LogP contribution < -0.4 is 5.32 Å². The van der Waals surface area contributed by atoms with E-state index in [1.807, 2.05) is 6.07 Å². The number of fused-ring (bicyclic) bond motifs is 1. The van der Waals surface area contributed by atoms with Crippen LogP contribution in [0.5, 0.6) is 5.75 Å². The van der Waals surface area contributed by atoms with Crippen LogP contribution >= 0.6 is 0 Å². The number of nitrogens with one attached hydrogen (secondary N) is 1. The van der Waals surface area contributed by atoms with Gasteiger partial charge in [-0.05, 0) is 49.3 Å². The van der Waals surface area contributed by atoms with E-state index in [0.717, 1.165) is 24.8 Å². The predicted molar refractivity (Wildman–Crippen MR) is 69.1 cm³/mol. The van der Waals surface area contributed by atoms with Crippen molar-refractivity contribution < 1.29 is 5.11 Å². The molecule has 2 N–H and O–H groups in total. The van der Waals surface area contributed by atoms with E-state index in [4.69, 9.17) is 0 Å². The zero-order valence-electron chi connectivity index (χ0n) is 10.0. The van der Waals surface area contributed by atoms with Gasteiger partial charge < -0.3 is 10.4 Å². The quantitative estimate of drug-likeness (QED) is 0.764. The molecule has 0 amide bonds. The number of allylic oxidation sites excluding steroid dienone is 1. The smallest absolute Gasteiger partial charge is 0.119 e.